The number of methoxy groups -OCH3 is 2. The summed E-state index contributed by atoms with van der Waals surface area (Å²) in [6.45, 7) is -1.13. The molecule has 1 aromatic rings. The third kappa shape index (κ3) is 2.63. The van der Waals surface area contributed by atoms with Gasteiger partial charge in [-0.25, -0.2) is 0 Å². The van der Waals surface area contributed by atoms with E-state index in [1.54, 1.807) is 26.4 Å². The summed E-state index contributed by atoms with van der Waals surface area (Å²) in [5.41, 5.74) is 0. The van der Waals surface area contributed by atoms with Gasteiger partial charge in [-0.1, -0.05) is 22.5 Å². The topological polar surface area (TPSA) is 18.5 Å². The summed E-state index contributed by atoms with van der Waals surface area (Å²) in [6.07, 6.45) is 0. The van der Waals surface area contributed by atoms with Crippen molar-refractivity contribution in [1.29, 1.82) is 0 Å². The summed E-state index contributed by atoms with van der Waals surface area (Å²) in [6, 6.07) is 5.39. The zero-order valence-electron chi connectivity index (χ0n) is 7.25. The Morgan fingerprint density at radius 3 is 2.15 bits per heavy atom. The van der Waals surface area contributed by atoms with Gasteiger partial charge in [-0.05, 0) is 18.2 Å². The van der Waals surface area contributed by atoms with E-state index in [2.05, 4.69) is 0 Å². The quantitative estimate of drug-likeness (QED) is 0.754. The lowest BCUT2D eigenvalue weighted by atomic mass is 10.3. The number of halogens is 2. The van der Waals surface area contributed by atoms with Gasteiger partial charge in [-0.15, -0.1) is 0 Å². The monoisotopic (exact) mass is 238 g/mol. The summed E-state index contributed by atoms with van der Waals surface area (Å²) in [5.74, 6) is 1.32. The molecule has 0 heterocycles. The molecule has 0 atom stereocenters. The largest absolute Gasteiger partial charge is 0.493 e. The van der Waals surface area contributed by atoms with E-state index >= 15 is 0 Å². The standard InChI is InChI=1S/C8H9Cl2O2P/c1-11-7-4-3-6(13(9)10)5-8(7)12-2/h3-5H,1-2H3. The average Bonchev–Trinajstić information content (AvgIpc) is 2.16. The molecule has 0 unspecified atom stereocenters. The fourth-order valence-electron chi connectivity index (χ4n) is 0.930. The summed E-state index contributed by atoms with van der Waals surface area (Å²) in [5, 5.41) is 0.857. The number of ether oxygens (including phenoxy) is 2. The Balaban J connectivity index is 3.05. The second-order valence-corrected chi connectivity index (χ2v) is 5.80. The van der Waals surface area contributed by atoms with Gasteiger partial charge in [-0.2, -0.15) is 0 Å². The second kappa shape index (κ2) is 4.90. The maximum absolute atomic E-state index is 5.76. The zero-order valence-corrected chi connectivity index (χ0v) is 9.66. The lowest BCUT2D eigenvalue weighted by molar-refractivity contribution is 0.355. The summed E-state index contributed by atoms with van der Waals surface area (Å²) >= 11 is 11.5. The van der Waals surface area contributed by atoms with Crippen molar-refractivity contribution >= 4 is 34.4 Å². The van der Waals surface area contributed by atoms with Crippen LogP contribution >= 0.6 is 29.1 Å². The molecule has 0 aliphatic rings. The highest BCUT2D eigenvalue weighted by molar-refractivity contribution is 8.08. The van der Waals surface area contributed by atoms with Crippen molar-refractivity contribution in [2.75, 3.05) is 14.2 Å². The molecular weight excluding hydrogens is 230 g/mol. The van der Waals surface area contributed by atoms with Gasteiger partial charge in [0.2, 0.25) is 0 Å². The van der Waals surface area contributed by atoms with E-state index in [-0.39, 0.29) is 0 Å². The van der Waals surface area contributed by atoms with Crippen LogP contribution in [0.15, 0.2) is 18.2 Å². The Labute approximate surface area is 88.1 Å². The molecule has 72 valence electrons. The minimum Gasteiger partial charge on any atom is -0.493 e. The normalized spacial score (nSPS) is 10.2. The molecule has 1 rings (SSSR count). The lowest BCUT2D eigenvalue weighted by Gasteiger charge is -2.09. The van der Waals surface area contributed by atoms with Crippen LogP contribution in [0.4, 0.5) is 0 Å². The van der Waals surface area contributed by atoms with Crippen LogP contribution in [0.1, 0.15) is 0 Å². The second-order valence-electron chi connectivity index (χ2n) is 2.27. The summed E-state index contributed by atoms with van der Waals surface area (Å²) in [4.78, 5) is 0. The molecule has 0 aliphatic heterocycles. The van der Waals surface area contributed by atoms with Crippen LogP contribution in [0.3, 0.4) is 0 Å². The van der Waals surface area contributed by atoms with Crippen LogP contribution in [0.25, 0.3) is 0 Å². The molecule has 5 heteroatoms. The van der Waals surface area contributed by atoms with E-state index in [1.165, 1.54) is 0 Å². The first-order chi connectivity index (χ1) is 6.19. The third-order valence-electron chi connectivity index (χ3n) is 1.56. The van der Waals surface area contributed by atoms with Crippen molar-refractivity contribution in [3.63, 3.8) is 0 Å². The van der Waals surface area contributed by atoms with Gasteiger partial charge < -0.3 is 9.47 Å². The third-order valence-corrected chi connectivity index (χ3v) is 3.40. The molecule has 0 amide bonds. The lowest BCUT2D eigenvalue weighted by Crippen LogP contribution is -1.98. The van der Waals surface area contributed by atoms with Crippen LogP contribution in [-0.4, -0.2) is 14.2 Å². The van der Waals surface area contributed by atoms with Crippen LogP contribution in [0.5, 0.6) is 11.5 Å². The van der Waals surface area contributed by atoms with E-state index in [1.807, 2.05) is 6.07 Å². The molecule has 0 saturated carbocycles. The molecule has 0 aromatic heterocycles. The molecule has 13 heavy (non-hydrogen) atoms. The van der Waals surface area contributed by atoms with Crippen molar-refractivity contribution in [3.05, 3.63) is 18.2 Å². The minimum atomic E-state index is -1.13. The SMILES string of the molecule is COc1ccc(P(Cl)Cl)cc1OC. The molecule has 0 saturated heterocycles. The van der Waals surface area contributed by atoms with Gasteiger partial charge in [0.15, 0.2) is 11.5 Å². The number of hydrogen-bond donors (Lipinski definition) is 0. The van der Waals surface area contributed by atoms with Crippen molar-refractivity contribution in [1.82, 2.24) is 0 Å². The van der Waals surface area contributed by atoms with Crippen LogP contribution in [0, 0.1) is 0 Å². The molecule has 0 radical (unpaired) electrons. The first-order valence-electron chi connectivity index (χ1n) is 3.52. The van der Waals surface area contributed by atoms with Crippen molar-refractivity contribution < 1.29 is 9.47 Å². The van der Waals surface area contributed by atoms with Gasteiger partial charge in [0.1, 0.15) is 6.63 Å². The molecule has 0 aliphatic carbocycles. The van der Waals surface area contributed by atoms with E-state index in [4.69, 9.17) is 32.0 Å². The summed E-state index contributed by atoms with van der Waals surface area (Å²) in [7, 11) is 3.16. The fourth-order valence-corrected chi connectivity index (χ4v) is 1.96. The minimum absolute atomic E-state index is 0.647. The number of rotatable bonds is 3. The fraction of sp³-hybridized carbons (Fsp3) is 0.250. The first-order valence-corrected chi connectivity index (χ1v) is 6.68. The molecule has 0 fully saturated rings. The Hall–Kier alpha value is -0.170. The van der Waals surface area contributed by atoms with E-state index in [0.717, 1.165) is 5.30 Å². The molecule has 1 aromatic carbocycles. The first kappa shape index (κ1) is 10.9. The van der Waals surface area contributed by atoms with Crippen LogP contribution < -0.4 is 14.8 Å². The van der Waals surface area contributed by atoms with Crippen molar-refractivity contribution in [3.8, 4) is 11.5 Å². The Morgan fingerprint density at radius 1 is 1.08 bits per heavy atom. The molecule has 0 spiro atoms. The molecule has 0 N–H and O–H groups in total. The van der Waals surface area contributed by atoms with Gasteiger partial charge in [0.05, 0.1) is 14.2 Å². The maximum atomic E-state index is 5.76. The predicted molar refractivity (Wildman–Crippen MR) is 57.8 cm³/mol. The van der Waals surface area contributed by atoms with Gasteiger partial charge in [-0.3, -0.25) is 0 Å². The van der Waals surface area contributed by atoms with Crippen LogP contribution in [-0.2, 0) is 0 Å². The van der Waals surface area contributed by atoms with E-state index in [0.29, 0.717) is 11.5 Å². The van der Waals surface area contributed by atoms with Crippen LogP contribution in [0.2, 0.25) is 0 Å². The van der Waals surface area contributed by atoms with Crippen molar-refractivity contribution in [2.24, 2.45) is 0 Å². The number of benzene rings is 1. The van der Waals surface area contributed by atoms with Gasteiger partial charge in [0.25, 0.3) is 0 Å². The Bertz CT molecular complexity index is 291. The molecule has 0 bridgehead atoms. The smallest absolute Gasteiger partial charge is 0.161 e. The number of hydrogen-bond acceptors (Lipinski definition) is 2. The van der Waals surface area contributed by atoms with Crippen molar-refractivity contribution in [2.45, 2.75) is 0 Å². The highest BCUT2D eigenvalue weighted by Gasteiger charge is 2.08. The maximum Gasteiger partial charge on any atom is 0.161 e. The molecule has 2 nitrogen and oxygen atoms in total. The highest BCUT2D eigenvalue weighted by atomic mass is 35.9. The Kier molecular flexibility index (Phi) is 4.11. The Morgan fingerprint density at radius 2 is 1.69 bits per heavy atom. The van der Waals surface area contributed by atoms with E-state index < -0.39 is 6.63 Å². The van der Waals surface area contributed by atoms with Gasteiger partial charge >= 0.3 is 0 Å². The molecular formula is C8H9Cl2O2P. The highest BCUT2D eigenvalue weighted by Crippen LogP contribution is 2.46. The zero-order chi connectivity index (χ0) is 9.84. The van der Waals surface area contributed by atoms with Gasteiger partial charge in [0, 0.05) is 5.30 Å². The average molecular weight is 239 g/mol. The predicted octanol–water partition coefficient (Wildman–Crippen LogP) is 3.12. The van der Waals surface area contributed by atoms with E-state index in [9.17, 15) is 0 Å². The summed E-state index contributed by atoms with van der Waals surface area (Å²) < 4.78 is 10.2.